The maximum absolute atomic E-state index is 12.8. The van der Waals surface area contributed by atoms with Crippen LogP contribution >= 0.6 is 0 Å². The Kier molecular flexibility index (Phi) is 5.75. The highest BCUT2D eigenvalue weighted by molar-refractivity contribution is 6.05. The van der Waals surface area contributed by atoms with Crippen molar-refractivity contribution >= 4 is 22.5 Å². The van der Waals surface area contributed by atoms with Crippen LogP contribution in [0.1, 0.15) is 21.5 Å². The second-order valence-corrected chi connectivity index (χ2v) is 6.92. The smallest absolute Gasteiger partial charge is 0.387 e. The Labute approximate surface area is 176 Å². The lowest BCUT2D eigenvalue weighted by atomic mass is 10.0. The van der Waals surface area contributed by atoms with E-state index in [1.54, 1.807) is 30.3 Å². The Morgan fingerprint density at radius 3 is 2.48 bits per heavy atom. The molecule has 0 aliphatic heterocycles. The van der Waals surface area contributed by atoms with Gasteiger partial charge in [0.1, 0.15) is 11.3 Å². The number of para-hydroxylation sites is 1. The molecule has 156 valence electrons. The summed E-state index contributed by atoms with van der Waals surface area (Å²) in [6, 6.07) is 22.3. The van der Waals surface area contributed by atoms with Crippen LogP contribution in [0.25, 0.3) is 10.9 Å². The molecule has 0 spiro atoms. The lowest BCUT2D eigenvalue weighted by Crippen LogP contribution is -2.23. The molecule has 0 unspecified atom stereocenters. The quantitative estimate of drug-likeness (QED) is 0.463. The van der Waals surface area contributed by atoms with Gasteiger partial charge in [-0.15, -0.1) is 0 Å². The fraction of sp³-hybridized carbons (Fsp3) is 0.0833. The third kappa shape index (κ3) is 4.78. The van der Waals surface area contributed by atoms with Crippen LogP contribution in [0.15, 0.2) is 83.7 Å². The monoisotopic (exact) mass is 420 g/mol. The van der Waals surface area contributed by atoms with E-state index in [9.17, 15) is 18.4 Å². The molecule has 0 atom stereocenters. The zero-order valence-corrected chi connectivity index (χ0v) is 16.3. The van der Waals surface area contributed by atoms with Gasteiger partial charge in [0.15, 0.2) is 0 Å². The first kappa shape index (κ1) is 20.3. The molecule has 0 saturated carbocycles. The average Bonchev–Trinajstić information content (AvgIpc) is 2.75. The predicted molar refractivity (Wildman–Crippen MR) is 115 cm³/mol. The number of H-pyrrole nitrogens is 1. The minimum atomic E-state index is -2.97. The number of aromatic nitrogens is 1. The number of benzene rings is 3. The number of ether oxygens (including phenoxy) is 1. The molecule has 3 aromatic carbocycles. The number of rotatable bonds is 6. The van der Waals surface area contributed by atoms with Gasteiger partial charge < -0.3 is 15.0 Å². The maximum Gasteiger partial charge on any atom is 0.387 e. The molecular weight excluding hydrogens is 402 g/mol. The SMILES string of the molecule is O=C(Nc1ccc(OC(F)F)c(Cc2ccccc2)c1)c1cc2ccccc2[nH]c1=O. The van der Waals surface area contributed by atoms with E-state index in [1.807, 2.05) is 30.3 Å². The molecule has 1 amide bonds. The molecule has 0 aliphatic rings. The van der Waals surface area contributed by atoms with Gasteiger partial charge in [-0.3, -0.25) is 9.59 Å². The van der Waals surface area contributed by atoms with Crippen LogP contribution in [0.2, 0.25) is 0 Å². The number of fused-ring (bicyclic) bond motifs is 1. The molecule has 2 N–H and O–H groups in total. The fourth-order valence-corrected chi connectivity index (χ4v) is 3.34. The van der Waals surface area contributed by atoms with Crippen molar-refractivity contribution in [3.8, 4) is 5.75 Å². The zero-order chi connectivity index (χ0) is 21.8. The van der Waals surface area contributed by atoms with Crippen molar-refractivity contribution in [1.82, 2.24) is 4.98 Å². The highest BCUT2D eigenvalue weighted by Gasteiger charge is 2.15. The van der Waals surface area contributed by atoms with Crippen LogP contribution in [0, 0.1) is 0 Å². The van der Waals surface area contributed by atoms with Crippen LogP contribution in [-0.2, 0) is 6.42 Å². The molecule has 0 fully saturated rings. The van der Waals surface area contributed by atoms with E-state index in [4.69, 9.17) is 0 Å². The first-order valence-corrected chi connectivity index (χ1v) is 9.55. The number of hydrogen-bond donors (Lipinski definition) is 2. The van der Waals surface area contributed by atoms with Gasteiger partial charge in [0.25, 0.3) is 11.5 Å². The summed E-state index contributed by atoms with van der Waals surface area (Å²) in [4.78, 5) is 27.7. The topological polar surface area (TPSA) is 71.2 Å². The van der Waals surface area contributed by atoms with E-state index in [0.717, 1.165) is 10.9 Å². The minimum absolute atomic E-state index is 0.0282. The fourth-order valence-electron chi connectivity index (χ4n) is 3.34. The Bertz CT molecular complexity index is 1290. The molecule has 31 heavy (non-hydrogen) atoms. The molecular formula is C24H18F2N2O3. The van der Waals surface area contributed by atoms with Crippen LogP contribution in [-0.4, -0.2) is 17.5 Å². The van der Waals surface area contributed by atoms with E-state index < -0.39 is 18.1 Å². The summed E-state index contributed by atoms with van der Waals surface area (Å²) in [5.74, 6) is -0.569. The molecule has 1 heterocycles. The number of aromatic amines is 1. The summed E-state index contributed by atoms with van der Waals surface area (Å²) in [7, 11) is 0. The number of anilines is 1. The molecule has 0 bridgehead atoms. The molecule has 4 rings (SSSR count). The normalized spacial score (nSPS) is 10.9. The number of amides is 1. The molecule has 5 nitrogen and oxygen atoms in total. The van der Waals surface area contributed by atoms with Gasteiger partial charge in [0.05, 0.1) is 0 Å². The van der Waals surface area contributed by atoms with Crippen molar-refractivity contribution in [3.63, 3.8) is 0 Å². The number of halogens is 2. The highest BCUT2D eigenvalue weighted by Crippen LogP contribution is 2.27. The first-order chi connectivity index (χ1) is 15.0. The van der Waals surface area contributed by atoms with E-state index in [2.05, 4.69) is 15.0 Å². The molecule has 0 aliphatic carbocycles. The van der Waals surface area contributed by atoms with Gasteiger partial charge in [0.2, 0.25) is 0 Å². The Morgan fingerprint density at radius 2 is 1.71 bits per heavy atom. The first-order valence-electron chi connectivity index (χ1n) is 9.55. The van der Waals surface area contributed by atoms with Crippen LogP contribution in [0.5, 0.6) is 5.75 Å². The third-order valence-corrected chi connectivity index (χ3v) is 4.77. The number of alkyl halides is 2. The van der Waals surface area contributed by atoms with E-state index in [1.165, 1.54) is 18.2 Å². The summed E-state index contributed by atoms with van der Waals surface area (Å²) < 4.78 is 30.3. The number of carbonyl (C=O) groups excluding carboxylic acids is 1. The highest BCUT2D eigenvalue weighted by atomic mass is 19.3. The van der Waals surface area contributed by atoms with E-state index in [-0.39, 0.29) is 11.3 Å². The molecule has 4 aromatic rings. The number of carbonyl (C=O) groups is 1. The van der Waals surface area contributed by atoms with Crippen molar-refractivity contribution < 1.29 is 18.3 Å². The van der Waals surface area contributed by atoms with Gasteiger partial charge in [-0.05, 0) is 41.3 Å². The van der Waals surface area contributed by atoms with Gasteiger partial charge in [-0.2, -0.15) is 8.78 Å². The van der Waals surface area contributed by atoms with Gasteiger partial charge in [0, 0.05) is 23.2 Å². The summed E-state index contributed by atoms with van der Waals surface area (Å²) in [6.07, 6.45) is 0.336. The number of nitrogens with one attached hydrogen (secondary N) is 2. The maximum atomic E-state index is 12.8. The lowest BCUT2D eigenvalue weighted by Gasteiger charge is -2.13. The largest absolute Gasteiger partial charge is 0.435 e. The summed E-state index contributed by atoms with van der Waals surface area (Å²) in [5.41, 5.74) is 1.81. The lowest BCUT2D eigenvalue weighted by molar-refractivity contribution is -0.0503. The number of hydrogen-bond acceptors (Lipinski definition) is 3. The number of pyridine rings is 1. The standard InChI is InChI=1S/C24H18F2N2O3/c25-24(26)31-21-11-10-18(13-17(21)12-15-6-2-1-3-7-15)27-22(29)19-14-16-8-4-5-9-20(16)28-23(19)30/h1-11,13-14,24H,12H2,(H,27,29)(H,28,30). The van der Waals surface area contributed by atoms with Crippen molar-refractivity contribution in [3.05, 3.63) is 106 Å². The molecule has 0 saturated heterocycles. The minimum Gasteiger partial charge on any atom is -0.435 e. The molecule has 1 aromatic heterocycles. The third-order valence-electron chi connectivity index (χ3n) is 4.77. The van der Waals surface area contributed by atoms with Crippen molar-refractivity contribution in [1.29, 1.82) is 0 Å². The predicted octanol–water partition coefficient (Wildman–Crippen LogP) is 4.97. The Morgan fingerprint density at radius 1 is 0.968 bits per heavy atom. The van der Waals surface area contributed by atoms with Gasteiger partial charge in [-0.25, -0.2) is 0 Å². The second-order valence-electron chi connectivity index (χ2n) is 6.92. The summed E-state index contributed by atoms with van der Waals surface area (Å²) in [6.45, 7) is -2.97. The average molecular weight is 420 g/mol. The van der Waals surface area contributed by atoms with Crippen LogP contribution < -0.4 is 15.6 Å². The van der Waals surface area contributed by atoms with Crippen LogP contribution in [0.3, 0.4) is 0 Å². The second kappa shape index (κ2) is 8.79. The van der Waals surface area contributed by atoms with E-state index >= 15 is 0 Å². The molecule has 7 heteroatoms. The molecule has 0 radical (unpaired) electrons. The van der Waals surface area contributed by atoms with Crippen molar-refractivity contribution in [2.24, 2.45) is 0 Å². The Hall–Kier alpha value is -4.00. The van der Waals surface area contributed by atoms with E-state index in [0.29, 0.717) is 23.2 Å². The summed E-state index contributed by atoms with van der Waals surface area (Å²) >= 11 is 0. The van der Waals surface area contributed by atoms with Gasteiger partial charge in [-0.1, -0.05) is 48.5 Å². The summed E-state index contributed by atoms with van der Waals surface area (Å²) in [5, 5.41) is 3.39. The van der Waals surface area contributed by atoms with Gasteiger partial charge >= 0.3 is 6.61 Å². The Balaban J connectivity index is 1.63. The van der Waals surface area contributed by atoms with Crippen molar-refractivity contribution in [2.45, 2.75) is 13.0 Å². The van der Waals surface area contributed by atoms with Crippen molar-refractivity contribution in [2.75, 3.05) is 5.32 Å². The van der Waals surface area contributed by atoms with Crippen LogP contribution in [0.4, 0.5) is 14.5 Å². The zero-order valence-electron chi connectivity index (χ0n) is 16.3.